The molecular weight excluding hydrogens is 206 g/mol. The molecular formula is C11H13N3S. The number of anilines is 1. The van der Waals surface area contributed by atoms with Gasteiger partial charge in [-0.15, -0.1) is 11.3 Å². The van der Waals surface area contributed by atoms with Gasteiger partial charge in [0, 0.05) is 29.2 Å². The molecule has 1 N–H and O–H groups in total. The van der Waals surface area contributed by atoms with Crippen LogP contribution in [0.15, 0.2) is 30.7 Å². The van der Waals surface area contributed by atoms with Crippen molar-refractivity contribution in [2.75, 3.05) is 5.32 Å². The van der Waals surface area contributed by atoms with Gasteiger partial charge in [0.1, 0.15) is 5.01 Å². The zero-order chi connectivity index (χ0) is 10.7. The van der Waals surface area contributed by atoms with Crippen molar-refractivity contribution >= 4 is 17.0 Å². The Bertz CT molecular complexity index is 424. The summed E-state index contributed by atoms with van der Waals surface area (Å²) in [6.07, 6.45) is 5.47. The fraction of sp³-hybridized carbons (Fsp3) is 0.273. The van der Waals surface area contributed by atoms with Crippen molar-refractivity contribution in [3.05, 3.63) is 40.6 Å². The van der Waals surface area contributed by atoms with Crippen molar-refractivity contribution in [3.63, 3.8) is 0 Å². The second-order valence-corrected chi connectivity index (χ2v) is 4.68. The molecule has 1 atom stereocenters. The standard InChI is InChI=1S/C11H13N3S/c1-8-7-13-11(15-8)9(2)14-10-3-5-12-6-4-10/h3-7,9H,1-2H3,(H,12,14). The molecule has 0 spiro atoms. The first kappa shape index (κ1) is 10.1. The van der Waals surface area contributed by atoms with Crippen LogP contribution in [0.1, 0.15) is 22.9 Å². The maximum Gasteiger partial charge on any atom is 0.115 e. The second-order valence-electron chi connectivity index (χ2n) is 3.41. The number of hydrogen-bond acceptors (Lipinski definition) is 4. The van der Waals surface area contributed by atoms with Crippen LogP contribution in [0.4, 0.5) is 5.69 Å². The predicted octanol–water partition coefficient (Wildman–Crippen LogP) is 3.02. The number of thiazole rings is 1. The molecule has 0 amide bonds. The van der Waals surface area contributed by atoms with Gasteiger partial charge in [-0.25, -0.2) is 4.98 Å². The summed E-state index contributed by atoms with van der Waals surface area (Å²) in [5.41, 5.74) is 1.07. The lowest BCUT2D eigenvalue weighted by atomic mass is 10.3. The summed E-state index contributed by atoms with van der Waals surface area (Å²) in [5.74, 6) is 0. The summed E-state index contributed by atoms with van der Waals surface area (Å²) in [6.45, 7) is 4.18. The normalized spacial score (nSPS) is 12.4. The van der Waals surface area contributed by atoms with Gasteiger partial charge in [-0.1, -0.05) is 0 Å². The topological polar surface area (TPSA) is 37.8 Å². The molecule has 0 aromatic carbocycles. The molecule has 0 saturated heterocycles. The third-order valence-corrected chi connectivity index (χ3v) is 3.17. The Hall–Kier alpha value is -1.42. The van der Waals surface area contributed by atoms with E-state index < -0.39 is 0 Å². The Morgan fingerprint density at radius 1 is 1.33 bits per heavy atom. The third-order valence-electron chi connectivity index (χ3n) is 2.07. The van der Waals surface area contributed by atoms with Gasteiger partial charge in [0.15, 0.2) is 0 Å². The molecule has 2 rings (SSSR count). The highest BCUT2D eigenvalue weighted by Gasteiger charge is 2.08. The minimum Gasteiger partial charge on any atom is -0.376 e. The summed E-state index contributed by atoms with van der Waals surface area (Å²) < 4.78 is 0. The van der Waals surface area contributed by atoms with Crippen LogP contribution < -0.4 is 5.32 Å². The maximum absolute atomic E-state index is 4.35. The van der Waals surface area contributed by atoms with E-state index in [9.17, 15) is 0 Å². The molecule has 3 nitrogen and oxygen atoms in total. The first-order chi connectivity index (χ1) is 7.25. The molecule has 1 unspecified atom stereocenters. The summed E-state index contributed by atoms with van der Waals surface area (Å²) in [5, 5.41) is 4.49. The molecule has 2 aromatic rings. The van der Waals surface area contributed by atoms with Crippen LogP contribution in [0, 0.1) is 6.92 Å². The van der Waals surface area contributed by atoms with Gasteiger partial charge >= 0.3 is 0 Å². The van der Waals surface area contributed by atoms with E-state index in [-0.39, 0.29) is 6.04 Å². The number of pyridine rings is 1. The van der Waals surface area contributed by atoms with E-state index in [1.54, 1.807) is 23.7 Å². The fourth-order valence-corrected chi connectivity index (χ4v) is 2.11. The first-order valence-corrected chi connectivity index (χ1v) is 5.66. The minimum atomic E-state index is 0.242. The number of nitrogens with zero attached hydrogens (tertiary/aromatic N) is 2. The van der Waals surface area contributed by atoms with Crippen LogP contribution in [0.5, 0.6) is 0 Å². The molecule has 0 radical (unpaired) electrons. The molecule has 0 aliphatic heterocycles. The molecule has 4 heteroatoms. The Labute approximate surface area is 93.2 Å². The predicted molar refractivity (Wildman–Crippen MR) is 63.1 cm³/mol. The van der Waals surface area contributed by atoms with Crippen LogP contribution in [0.2, 0.25) is 0 Å². The SMILES string of the molecule is Cc1cnc(C(C)Nc2ccncc2)s1. The van der Waals surface area contributed by atoms with Gasteiger partial charge in [0.2, 0.25) is 0 Å². The average Bonchev–Trinajstić information content (AvgIpc) is 2.66. The summed E-state index contributed by atoms with van der Waals surface area (Å²) in [7, 11) is 0. The lowest BCUT2D eigenvalue weighted by Gasteiger charge is -2.11. The number of aryl methyl sites for hydroxylation is 1. The third kappa shape index (κ3) is 2.53. The lowest BCUT2D eigenvalue weighted by Crippen LogP contribution is -2.05. The molecule has 0 aliphatic rings. The second kappa shape index (κ2) is 4.40. The van der Waals surface area contributed by atoms with Crippen molar-refractivity contribution in [1.82, 2.24) is 9.97 Å². The van der Waals surface area contributed by atoms with Crippen LogP contribution >= 0.6 is 11.3 Å². The van der Waals surface area contributed by atoms with Gasteiger partial charge in [0.05, 0.1) is 6.04 Å². The summed E-state index contributed by atoms with van der Waals surface area (Å²) in [4.78, 5) is 9.57. The van der Waals surface area contributed by atoms with Crippen molar-refractivity contribution in [2.45, 2.75) is 19.9 Å². The van der Waals surface area contributed by atoms with E-state index >= 15 is 0 Å². The average molecular weight is 219 g/mol. The van der Waals surface area contributed by atoms with Crippen LogP contribution in [0.3, 0.4) is 0 Å². The number of aromatic nitrogens is 2. The minimum absolute atomic E-state index is 0.242. The smallest absolute Gasteiger partial charge is 0.115 e. The molecule has 0 aliphatic carbocycles. The van der Waals surface area contributed by atoms with Crippen molar-refractivity contribution in [3.8, 4) is 0 Å². The first-order valence-electron chi connectivity index (χ1n) is 4.84. The van der Waals surface area contributed by atoms with Gasteiger partial charge in [0.25, 0.3) is 0 Å². The van der Waals surface area contributed by atoms with E-state index in [0.29, 0.717) is 0 Å². The highest BCUT2D eigenvalue weighted by molar-refractivity contribution is 7.11. The van der Waals surface area contributed by atoms with E-state index in [1.807, 2.05) is 18.3 Å². The zero-order valence-corrected chi connectivity index (χ0v) is 9.58. The number of nitrogens with one attached hydrogen (secondary N) is 1. The van der Waals surface area contributed by atoms with Gasteiger partial charge in [-0.2, -0.15) is 0 Å². The van der Waals surface area contributed by atoms with Gasteiger partial charge in [-0.05, 0) is 26.0 Å². The maximum atomic E-state index is 4.35. The Morgan fingerprint density at radius 2 is 2.07 bits per heavy atom. The summed E-state index contributed by atoms with van der Waals surface area (Å²) in [6, 6.07) is 4.15. The number of rotatable bonds is 3. The highest BCUT2D eigenvalue weighted by Crippen LogP contribution is 2.22. The largest absolute Gasteiger partial charge is 0.376 e. The van der Waals surface area contributed by atoms with Gasteiger partial charge < -0.3 is 5.32 Å². The van der Waals surface area contributed by atoms with Crippen LogP contribution in [0.25, 0.3) is 0 Å². The quantitative estimate of drug-likeness (QED) is 0.862. The van der Waals surface area contributed by atoms with Crippen molar-refractivity contribution < 1.29 is 0 Å². The highest BCUT2D eigenvalue weighted by atomic mass is 32.1. The molecule has 2 heterocycles. The van der Waals surface area contributed by atoms with Crippen LogP contribution in [-0.2, 0) is 0 Å². The van der Waals surface area contributed by atoms with E-state index in [2.05, 4.69) is 29.1 Å². The van der Waals surface area contributed by atoms with Gasteiger partial charge in [-0.3, -0.25) is 4.98 Å². The fourth-order valence-electron chi connectivity index (χ4n) is 1.33. The molecule has 0 fully saturated rings. The molecule has 0 bridgehead atoms. The van der Waals surface area contributed by atoms with E-state index in [0.717, 1.165) is 10.7 Å². The monoisotopic (exact) mass is 219 g/mol. The lowest BCUT2D eigenvalue weighted by molar-refractivity contribution is 0.869. The molecule has 2 aromatic heterocycles. The number of hydrogen-bond donors (Lipinski definition) is 1. The Kier molecular flexibility index (Phi) is 2.97. The molecule has 78 valence electrons. The van der Waals surface area contributed by atoms with E-state index in [1.165, 1.54) is 4.88 Å². The molecule has 15 heavy (non-hydrogen) atoms. The Morgan fingerprint density at radius 3 is 2.67 bits per heavy atom. The van der Waals surface area contributed by atoms with Crippen LogP contribution in [-0.4, -0.2) is 9.97 Å². The van der Waals surface area contributed by atoms with E-state index in [4.69, 9.17) is 0 Å². The molecule has 0 saturated carbocycles. The Balaban J connectivity index is 2.07. The summed E-state index contributed by atoms with van der Waals surface area (Å²) >= 11 is 1.73. The zero-order valence-electron chi connectivity index (χ0n) is 8.77. The van der Waals surface area contributed by atoms with Crippen molar-refractivity contribution in [1.29, 1.82) is 0 Å². The van der Waals surface area contributed by atoms with Crippen molar-refractivity contribution in [2.24, 2.45) is 0 Å².